The fourth-order valence-corrected chi connectivity index (χ4v) is 1.65. The van der Waals surface area contributed by atoms with E-state index in [1.165, 1.54) is 0 Å². The van der Waals surface area contributed by atoms with Crippen LogP contribution in [0, 0.1) is 5.92 Å². The van der Waals surface area contributed by atoms with Gasteiger partial charge in [-0.1, -0.05) is 30.3 Å². The zero-order valence-corrected chi connectivity index (χ0v) is 10.9. The van der Waals surface area contributed by atoms with Gasteiger partial charge in [-0.05, 0) is 32.8 Å². The van der Waals surface area contributed by atoms with E-state index in [-0.39, 0.29) is 17.4 Å². The Bertz CT molecular complexity index is 354. The maximum atomic E-state index is 12.0. The lowest BCUT2D eigenvalue weighted by Crippen LogP contribution is -2.46. The van der Waals surface area contributed by atoms with E-state index in [0.717, 1.165) is 5.56 Å². The highest BCUT2D eigenvalue weighted by Crippen LogP contribution is 2.10. The van der Waals surface area contributed by atoms with Crippen LogP contribution in [0.2, 0.25) is 0 Å². The van der Waals surface area contributed by atoms with Crippen molar-refractivity contribution in [2.45, 2.75) is 32.7 Å². The van der Waals surface area contributed by atoms with E-state index in [2.05, 4.69) is 5.32 Å². The van der Waals surface area contributed by atoms with E-state index >= 15 is 0 Å². The van der Waals surface area contributed by atoms with E-state index < -0.39 is 0 Å². The van der Waals surface area contributed by atoms with E-state index in [0.29, 0.717) is 13.0 Å². The smallest absolute Gasteiger partial charge is 0.225 e. The summed E-state index contributed by atoms with van der Waals surface area (Å²) in [6, 6.07) is 9.96. The second-order valence-electron chi connectivity index (χ2n) is 5.36. The highest BCUT2D eigenvalue weighted by molar-refractivity contribution is 5.79. The Morgan fingerprint density at radius 2 is 1.88 bits per heavy atom. The molecule has 3 heteroatoms. The van der Waals surface area contributed by atoms with Crippen molar-refractivity contribution < 1.29 is 4.79 Å². The number of carbonyl (C=O) groups is 1. The summed E-state index contributed by atoms with van der Waals surface area (Å²) >= 11 is 0. The van der Waals surface area contributed by atoms with E-state index in [1.807, 2.05) is 51.1 Å². The normalized spacial score (nSPS) is 13.2. The molecule has 1 rings (SSSR count). The Hall–Kier alpha value is -1.35. The molecule has 1 unspecified atom stereocenters. The Kier molecular flexibility index (Phi) is 4.70. The van der Waals surface area contributed by atoms with Gasteiger partial charge >= 0.3 is 0 Å². The molecule has 0 fully saturated rings. The minimum atomic E-state index is -0.207. The van der Waals surface area contributed by atoms with Crippen LogP contribution in [0.5, 0.6) is 0 Å². The zero-order valence-electron chi connectivity index (χ0n) is 10.9. The molecule has 0 radical (unpaired) electrons. The van der Waals surface area contributed by atoms with Crippen LogP contribution in [0.1, 0.15) is 26.3 Å². The molecule has 1 amide bonds. The van der Waals surface area contributed by atoms with Crippen LogP contribution in [0.15, 0.2) is 30.3 Å². The minimum Gasteiger partial charge on any atom is -0.351 e. The molecule has 0 aliphatic rings. The minimum absolute atomic E-state index is 0.0313. The summed E-state index contributed by atoms with van der Waals surface area (Å²) < 4.78 is 0. The molecule has 0 aliphatic carbocycles. The van der Waals surface area contributed by atoms with Crippen molar-refractivity contribution in [3.8, 4) is 0 Å². The summed E-state index contributed by atoms with van der Waals surface area (Å²) in [5, 5.41) is 2.97. The van der Waals surface area contributed by atoms with Crippen molar-refractivity contribution in [2.24, 2.45) is 11.7 Å². The molecule has 1 atom stereocenters. The summed E-state index contributed by atoms with van der Waals surface area (Å²) in [4.78, 5) is 12.0. The summed E-state index contributed by atoms with van der Waals surface area (Å²) in [5.41, 5.74) is 6.62. The van der Waals surface area contributed by atoms with Crippen molar-refractivity contribution in [2.75, 3.05) is 6.54 Å². The first kappa shape index (κ1) is 13.7. The number of nitrogens with one attached hydrogen (secondary N) is 1. The molecule has 0 aliphatic heterocycles. The number of rotatable bonds is 4. The van der Waals surface area contributed by atoms with Crippen molar-refractivity contribution >= 4 is 5.91 Å². The van der Waals surface area contributed by atoms with Gasteiger partial charge in [0.05, 0.1) is 5.92 Å². The number of hydrogen-bond acceptors (Lipinski definition) is 2. The van der Waals surface area contributed by atoms with Gasteiger partial charge < -0.3 is 11.1 Å². The first-order chi connectivity index (χ1) is 7.92. The quantitative estimate of drug-likeness (QED) is 0.833. The van der Waals surface area contributed by atoms with Crippen LogP contribution in [0.4, 0.5) is 0 Å². The molecule has 3 nitrogen and oxygen atoms in total. The first-order valence-electron chi connectivity index (χ1n) is 5.98. The van der Waals surface area contributed by atoms with Gasteiger partial charge in [0.15, 0.2) is 0 Å². The predicted octanol–water partition coefficient (Wildman–Crippen LogP) is 1.72. The summed E-state index contributed by atoms with van der Waals surface area (Å²) in [6.45, 7) is 6.29. The van der Waals surface area contributed by atoms with Crippen LogP contribution in [0.3, 0.4) is 0 Å². The first-order valence-corrected chi connectivity index (χ1v) is 5.98. The van der Waals surface area contributed by atoms with Crippen molar-refractivity contribution in [3.63, 3.8) is 0 Å². The third kappa shape index (κ3) is 5.00. The lowest BCUT2D eigenvalue weighted by molar-refractivity contribution is -0.126. The topological polar surface area (TPSA) is 55.1 Å². The average molecular weight is 234 g/mol. The predicted molar refractivity (Wildman–Crippen MR) is 70.6 cm³/mol. The van der Waals surface area contributed by atoms with E-state index in [1.54, 1.807) is 0 Å². The number of carbonyl (C=O) groups excluding carboxylic acids is 1. The lowest BCUT2D eigenvalue weighted by atomic mass is 9.97. The molecule has 0 aromatic heterocycles. The molecular weight excluding hydrogens is 212 g/mol. The third-order valence-electron chi connectivity index (χ3n) is 2.48. The van der Waals surface area contributed by atoms with Crippen LogP contribution in [-0.2, 0) is 11.2 Å². The van der Waals surface area contributed by atoms with Crippen LogP contribution in [0.25, 0.3) is 0 Å². The Balaban J connectivity index is 2.63. The Morgan fingerprint density at radius 3 is 2.35 bits per heavy atom. The molecular formula is C14H22N2O. The number of nitrogens with two attached hydrogens (primary N) is 1. The molecule has 0 bridgehead atoms. The maximum absolute atomic E-state index is 12.0. The number of benzene rings is 1. The average Bonchev–Trinajstić information content (AvgIpc) is 2.24. The highest BCUT2D eigenvalue weighted by Gasteiger charge is 2.21. The SMILES string of the molecule is CC(C)(C)NC(=O)C(CN)Cc1ccccc1. The molecule has 94 valence electrons. The van der Waals surface area contributed by atoms with Crippen molar-refractivity contribution in [1.82, 2.24) is 5.32 Å². The second-order valence-corrected chi connectivity index (χ2v) is 5.36. The summed E-state index contributed by atoms with van der Waals surface area (Å²) in [5.74, 6) is -0.125. The van der Waals surface area contributed by atoms with Gasteiger partial charge in [0.2, 0.25) is 5.91 Å². The van der Waals surface area contributed by atoms with Gasteiger partial charge in [-0.15, -0.1) is 0 Å². The molecule has 1 aromatic carbocycles. The lowest BCUT2D eigenvalue weighted by Gasteiger charge is -2.24. The second kappa shape index (κ2) is 5.82. The summed E-state index contributed by atoms with van der Waals surface area (Å²) in [7, 11) is 0. The van der Waals surface area contributed by atoms with Gasteiger partial charge in [0.1, 0.15) is 0 Å². The molecule has 0 heterocycles. The van der Waals surface area contributed by atoms with Crippen LogP contribution >= 0.6 is 0 Å². The molecule has 0 spiro atoms. The molecule has 17 heavy (non-hydrogen) atoms. The van der Waals surface area contributed by atoms with E-state index in [9.17, 15) is 4.79 Å². The largest absolute Gasteiger partial charge is 0.351 e. The fourth-order valence-electron chi connectivity index (χ4n) is 1.65. The van der Waals surface area contributed by atoms with Gasteiger partial charge in [0, 0.05) is 12.1 Å². The standard InChI is InChI=1S/C14H22N2O/c1-14(2,3)16-13(17)12(10-15)9-11-7-5-4-6-8-11/h4-8,12H,9-10,15H2,1-3H3,(H,16,17). The van der Waals surface area contributed by atoms with Crippen LogP contribution in [-0.4, -0.2) is 18.0 Å². The molecule has 3 N–H and O–H groups in total. The van der Waals surface area contributed by atoms with E-state index in [4.69, 9.17) is 5.73 Å². The van der Waals surface area contributed by atoms with Gasteiger partial charge in [-0.3, -0.25) is 4.79 Å². The van der Waals surface area contributed by atoms with Gasteiger partial charge in [-0.25, -0.2) is 0 Å². The Labute approximate surface area is 103 Å². The molecule has 0 saturated carbocycles. The number of amides is 1. The van der Waals surface area contributed by atoms with Gasteiger partial charge in [-0.2, -0.15) is 0 Å². The maximum Gasteiger partial charge on any atom is 0.225 e. The fraction of sp³-hybridized carbons (Fsp3) is 0.500. The van der Waals surface area contributed by atoms with Crippen molar-refractivity contribution in [3.05, 3.63) is 35.9 Å². The Morgan fingerprint density at radius 1 is 1.29 bits per heavy atom. The highest BCUT2D eigenvalue weighted by atomic mass is 16.2. The van der Waals surface area contributed by atoms with Gasteiger partial charge in [0.25, 0.3) is 0 Å². The number of hydrogen-bond donors (Lipinski definition) is 2. The molecule has 0 saturated heterocycles. The summed E-state index contributed by atoms with van der Waals surface area (Å²) in [6.07, 6.45) is 0.694. The van der Waals surface area contributed by atoms with Crippen LogP contribution < -0.4 is 11.1 Å². The third-order valence-corrected chi connectivity index (χ3v) is 2.48. The molecule has 1 aromatic rings. The monoisotopic (exact) mass is 234 g/mol. The van der Waals surface area contributed by atoms with Crippen molar-refractivity contribution in [1.29, 1.82) is 0 Å². The zero-order chi connectivity index (χ0) is 12.9.